The third kappa shape index (κ3) is 4.87. The number of benzene rings is 2. The molecule has 0 N–H and O–H groups in total. The molecule has 5 heteroatoms. The summed E-state index contributed by atoms with van der Waals surface area (Å²) in [6, 6.07) is 15.7. The fourth-order valence-electron chi connectivity index (χ4n) is 6.20. The number of Topliss-reactive ketones (excluding diaryl/α,β-unsaturated/α-hetero) is 1. The molecule has 3 nitrogen and oxygen atoms in total. The van der Waals surface area contributed by atoms with E-state index < -0.39 is 0 Å². The first kappa shape index (κ1) is 23.0. The largest absolute Gasteiger partial charge is 0.345 e. The number of carbonyl (C=O) groups excluding carboxylic acids is 1. The minimum absolute atomic E-state index is 0.0970. The summed E-state index contributed by atoms with van der Waals surface area (Å²) in [5.74, 6) is 0.930. The number of piperidine rings is 1. The quantitative estimate of drug-likeness (QED) is 0.312. The molecule has 2 unspecified atom stereocenters. The highest BCUT2D eigenvalue weighted by atomic mass is 35.5. The average molecular weight is 483 g/mol. The molecular formula is C28H32Cl2N2O. The molecule has 0 aliphatic carbocycles. The molecule has 0 radical (unpaired) electrons. The topological polar surface area (TPSA) is 25.2 Å². The van der Waals surface area contributed by atoms with Crippen molar-refractivity contribution in [3.05, 3.63) is 69.8 Å². The van der Waals surface area contributed by atoms with Crippen LogP contribution in [-0.2, 0) is 13.0 Å². The van der Waals surface area contributed by atoms with Gasteiger partial charge in [-0.05, 0) is 81.5 Å². The number of hydrogen-bond donors (Lipinski definition) is 0. The summed E-state index contributed by atoms with van der Waals surface area (Å²) in [6.45, 7) is 3.65. The lowest BCUT2D eigenvalue weighted by Gasteiger charge is -2.39. The molecule has 2 atom stereocenters. The molecule has 1 aromatic heterocycles. The van der Waals surface area contributed by atoms with Crippen molar-refractivity contribution in [1.82, 2.24) is 9.47 Å². The molecular weight excluding hydrogens is 451 g/mol. The van der Waals surface area contributed by atoms with Crippen LogP contribution in [0.4, 0.5) is 0 Å². The smallest absolute Gasteiger partial charge is 0.161 e. The van der Waals surface area contributed by atoms with Crippen molar-refractivity contribution in [1.29, 1.82) is 0 Å². The number of ketones is 1. The first-order valence-electron chi connectivity index (χ1n) is 12.3. The van der Waals surface area contributed by atoms with Crippen LogP contribution in [0, 0.1) is 5.92 Å². The van der Waals surface area contributed by atoms with Gasteiger partial charge in [-0.25, -0.2) is 0 Å². The van der Waals surface area contributed by atoms with Crippen LogP contribution in [0.25, 0.3) is 10.9 Å². The molecule has 2 aliphatic rings. The van der Waals surface area contributed by atoms with Crippen LogP contribution in [0.3, 0.4) is 0 Å². The van der Waals surface area contributed by atoms with Crippen molar-refractivity contribution in [3.63, 3.8) is 0 Å². The molecule has 174 valence electrons. The zero-order valence-electron chi connectivity index (χ0n) is 19.3. The number of aromatic nitrogens is 1. The average Bonchev–Trinajstić information content (AvgIpc) is 3.28. The summed E-state index contributed by atoms with van der Waals surface area (Å²) < 4.78 is 2.19. The highest BCUT2D eigenvalue weighted by Gasteiger charge is 2.39. The fraction of sp³-hybridized carbons (Fsp3) is 0.464. The minimum atomic E-state index is 0.0970. The Morgan fingerprint density at radius 1 is 1.00 bits per heavy atom. The van der Waals surface area contributed by atoms with Gasteiger partial charge >= 0.3 is 0 Å². The lowest BCUT2D eigenvalue weighted by molar-refractivity contribution is 0.0978. The third-order valence-corrected chi connectivity index (χ3v) is 8.34. The Hall–Kier alpha value is -1.81. The molecule has 3 aromatic rings. The summed E-state index contributed by atoms with van der Waals surface area (Å²) in [5.41, 5.74) is 3.17. The molecule has 2 aromatic carbocycles. The summed E-state index contributed by atoms with van der Waals surface area (Å²) in [6.07, 6.45) is 10.9. The van der Waals surface area contributed by atoms with Gasteiger partial charge in [0.05, 0.1) is 10.5 Å². The van der Waals surface area contributed by atoms with E-state index in [1.54, 1.807) is 6.92 Å². The van der Waals surface area contributed by atoms with Crippen molar-refractivity contribution < 1.29 is 4.79 Å². The Morgan fingerprint density at radius 3 is 2.42 bits per heavy atom. The van der Waals surface area contributed by atoms with Gasteiger partial charge in [0, 0.05) is 47.3 Å². The van der Waals surface area contributed by atoms with Crippen molar-refractivity contribution in [2.24, 2.45) is 5.92 Å². The summed E-state index contributed by atoms with van der Waals surface area (Å²) in [7, 11) is 0. The molecule has 5 rings (SSSR count). The second kappa shape index (κ2) is 9.82. The molecule has 33 heavy (non-hydrogen) atoms. The van der Waals surface area contributed by atoms with E-state index in [2.05, 4.69) is 21.6 Å². The Kier molecular flexibility index (Phi) is 6.83. The van der Waals surface area contributed by atoms with Gasteiger partial charge in [0.2, 0.25) is 0 Å². The van der Waals surface area contributed by atoms with Gasteiger partial charge in [0.15, 0.2) is 5.78 Å². The van der Waals surface area contributed by atoms with E-state index in [4.69, 9.17) is 23.2 Å². The van der Waals surface area contributed by atoms with E-state index in [0.29, 0.717) is 0 Å². The van der Waals surface area contributed by atoms with E-state index in [1.165, 1.54) is 37.7 Å². The van der Waals surface area contributed by atoms with Crippen molar-refractivity contribution in [2.45, 2.75) is 70.5 Å². The number of aryl methyl sites for hydroxylation is 2. The minimum Gasteiger partial charge on any atom is -0.345 e. The van der Waals surface area contributed by atoms with E-state index >= 15 is 0 Å². The Morgan fingerprint density at radius 2 is 1.73 bits per heavy atom. The molecule has 3 heterocycles. The maximum atomic E-state index is 12.1. The van der Waals surface area contributed by atoms with Crippen molar-refractivity contribution in [3.8, 4) is 0 Å². The van der Waals surface area contributed by atoms with E-state index in [9.17, 15) is 4.79 Å². The number of halogens is 2. The number of hydrogen-bond acceptors (Lipinski definition) is 2. The predicted octanol–water partition coefficient (Wildman–Crippen LogP) is 7.42. The number of para-hydroxylation sites is 1. The molecule has 0 spiro atoms. The zero-order valence-corrected chi connectivity index (χ0v) is 20.8. The number of nitrogens with zero attached hydrogens (tertiary/aromatic N) is 2. The van der Waals surface area contributed by atoms with Gasteiger partial charge in [-0.1, -0.05) is 47.5 Å². The molecule has 2 aliphatic heterocycles. The molecule has 0 amide bonds. The van der Waals surface area contributed by atoms with Gasteiger partial charge < -0.3 is 4.57 Å². The standard InChI is InChI=1S/C28H32Cl2N2O/c1-19(33)26-18-31(28-25(26)4-2-5-27(28)30)14-3-15-32-23-12-13-24(32)17-21(16-23)7-6-20-8-10-22(29)11-9-20/h2,4-5,8-11,18,21,23-24H,3,6-7,12-17H2,1H3. The van der Waals surface area contributed by atoms with Crippen LogP contribution < -0.4 is 0 Å². The number of rotatable bonds is 8. The van der Waals surface area contributed by atoms with Crippen LogP contribution in [0.5, 0.6) is 0 Å². The molecule has 2 fully saturated rings. The van der Waals surface area contributed by atoms with Gasteiger partial charge in [0.1, 0.15) is 0 Å². The Labute approximate surface area is 206 Å². The van der Waals surface area contributed by atoms with Gasteiger partial charge in [-0.2, -0.15) is 0 Å². The lowest BCUT2D eigenvalue weighted by atomic mass is 9.86. The first-order chi connectivity index (χ1) is 16.0. The summed E-state index contributed by atoms with van der Waals surface area (Å²) >= 11 is 12.5. The highest BCUT2D eigenvalue weighted by molar-refractivity contribution is 6.35. The number of carbonyl (C=O) groups is 1. The highest BCUT2D eigenvalue weighted by Crippen LogP contribution is 2.40. The number of fused-ring (bicyclic) bond motifs is 3. The van der Waals surface area contributed by atoms with Crippen LogP contribution >= 0.6 is 23.2 Å². The molecule has 2 saturated heterocycles. The Balaban J connectivity index is 1.18. The zero-order chi connectivity index (χ0) is 22.9. The van der Waals surface area contributed by atoms with Crippen LogP contribution in [0.1, 0.15) is 61.4 Å². The SMILES string of the molecule is CC(=O)c1cn(CCCN2C3CCC2CC(CCc2ccc(Cl)cc2)C3)c2c(Cl)cccc12. The Bertz CT molecular complexity index is 1120. The van der Waals surface area contributed by atoms with Gasteiger partial charge in [-0.15, -0.1) is 0 Å². The van der Waals surface area contributed by atoms with E-state index in [0.717, 1.165) is 70.4 Å². The maximum Gasteiger partial charge on any atom is 0.161 e. The predicted molar refractivity (Wildman–Crippen MR) is 138 cm³/mol. The third-order valence-electron chi connectivity index (χ3n) is 7.78. The van der Waals surface area contributed by atoms with Crippen molar-refractivity contribution >= 4 is 39.9 Å². The van der Waals surface area contributed by atoms with E-state index in [-0.39, 0.29) is 5.78 Å². The normalized spacial score (nSPS) is 22.8. The summed E-state index contributed by atoms with van der Waals surface area (Å²) in [4.78, 5) is 14.9. The van der Waals surface area contributed by atoms with E-state index in [1.807, 2.05) is 36.5 Å². The van der Waals surface area contributed by atoms with Gasteiger partial charge in [0.25, 0.3) is 0 Å². The monoisotopic (exact) mass is 482 g/mol. The lowest BCUT2D eigenvalue weighted by Crippen LogP contribution is -2.43. The molecule has 0 saturated carbocycles. The van der Waals surface area contributed by atoms with Crippen LogP contribution in [-0.4, -0.2) is 33.9 Å². The summed E-state index contributed by atoms with van der Waals surface area (Å²) in [5, 5.41) is 2.51. The van der Waals surface area contributed by atoms with Crippen molar-refractivity contribution in [2.75, 3.05) is 6.54 Å². The maximum absolute atomic E-state index is 12.1. The second-order valence-corrected chi connectivity index (χ2v) is 10.8. The first-order valence-corrected chi connectivity index (χ1v) is 13.0. The van der Waals surface area contributed by atoms with Crippen LogP contribution in [0.15, 0.2) is 48.7 Å². The van der Waals surface area contributed by atoms with Gasteiger partial charge in [-0.3, -0.25) is 9.69 Å². The second-order valence-electron chi connectivity index (χ2n) is 9.91. The molecule has 2 bridgehead atoms. The fourth-order valence-corrected chi connectivity index (χ4v) is 6.61. The van der Waals surface area contributed by atoms with Crippen LogP contribution in [0.2, 0.25) is 10.0 Å².